The third-order valence-electron chi connectivity index (χ3n) is 5.54. The summed E-state index contributed by atoms with van der Waals surface area (Å²) in [6, 6.07) is 18.8. The summed E-state index contributed by atoms with van der Waals surface area (Å²) < 4.78 is 1.98. The van der Waals surface area contributed by atoms with Crippen molar-refractivity contribution in [3.63, 3.8) is 0 Å². The second-order valence-corrected chi connectivity index (χ2v) is 8.45. The number of hydrogen-bond donors (Lipinski definition) is 2. The summed E-state index contributed by atoms with van der Waals surface area (Å²) in [5.74, 6) is 0.113. The first kappa shape index (κ1) is 21.2. The van der Waals surface area contributed by atoms with Gasteiger partial charge in [0.15, 0.2) is 5.78 Å². The minimum absolute atomic E-state index is 0.119. The molecule has 2 heterocycles. The maximum Gasteiger partial charge on any atom is 0.258 e. The molecule has 33 heavy (non-hydrogen) atoms. The number of nitrogens with zero attached hydrogens (tertiary/aromatic N) is 2. The molecule has 4 aromatic rings. The molecule has 8 heteroatoms. The number of aromatic nitrogens is 2. The number of imidazole rings is 1. The second kappa shape index (κ2) is 8.73. The van der Waals surface area contributed by atoms with E-state index >= 15 is 0 Å². The van der Waals surface area contributed by atoms with Gasteiger partial charge >= 0.3 is 0 Å². The van der Waals surface area contributed by atoms with Crippen molar-refractivity contribution in [2.45, 2.75) is 12.6 Å². The Balaban J connectivity index is 1.38. The molecule has 6 nitrogen and oxygen atoms in total. The summed E-state index contributed by atoms with van der Waals surface area (Å²) in [6.45, 7) is 0.637. The van der Waals surface area contributed by atoms with E-state index in [0.29, 0.717) is 23.6 Å². The smallest absolute Gasteiger partial charge is 0.258 e. The predicted molar refractivity (Wildman–Crippen MR) is 129 cm³/mol. The molecule has 1 aromatic heterocycles. The number of Topliss-reactive ketones (excluding diaryl/α,β-unsaturated/α-hetero) is 1. The molecule has 0 aliphatic carbocycles. The van der Waals surface area contributed by atoms with Crippen molar-refractivity contribution in [2.24, 2.45) is 0 Å². The molecule has 1 aliphatic heterocycles. The van der Waals surface area contributed by atoms with E-state index in [1.807, 2.05) is 35.0 Å². The van der Waals surface area contributed by atoms with E-state index in [0.717, 1.165) is 11.3 Å². The molecular formula is C25H18Cl2N4O2. The van der Waals surface area contributed by atoms with Gasteiger partial charge in [0, 0.05) is 29.3 Å². The minimum atomic E-state index is -0.633. The number of halogens is 2. The lowest BCUT2D eigenvalue weighted by molar-refractivity contribution is 0.0965. The lowest BCUT2D eigenvalue weighted by Gasteiger charge is -2.17. The number of carbonyl (C=O) groups excluding carboxylic acids is 2. The van der Waals surface area contributed by atoms with Gasteiger partial charge in [-0.05, 0) is 48.0 Å². The lowest BCUT2D eigenvalue weighted by atomic mass is 10.0. The van der Waals surface area contributed by atoms with Gasteiger partial charge in [-0.1, -0.05) is 47.5 Å². The number of amides is 1. The molecule has 3 aromatic carbocycles. The predicted octanol–water partition coefficient (Wildman–Crippen LogP) is 5.84. The van der Waals surface area contributed by atoms with Crippen molar-refractivity contribution in [3.8, 4) is 0 Å². The molecule has 0 fully saturated rings. The first-order valence-corrected chi connectivity index (χ1v) is 11.0. The fourth-order valence-electron chi connectivity index (χ4n) is 3.89. The van der Waals surface area contributed by atoms with Crippen molar-refractivity contribution in [1.29, 1.82) is 0 Å². The highest BCUT2D eigenvalue weighted by atomic mass is 35.5. The molecule has 1 unspecified atom stereocenters. The SMILES string of the molecule is O=C(Nc1ccc(C(=O)C2Nc3ccccc3Cn3ccnc32)cc1)c1c(Cl)cccc1Cl. The van der Waals surface area contributed by atoms with Crippen LogP contribution in [0.15, 0.2) is 79.1 Å². The summed E-state index contributed by atoms with van der Waals surface area (Å²) in [6.07, 6.45) is 3.57. The Labute approximate surface area is 200 Å². The van der Waals surface area contributed by atoms with E-state index < -0.39 is 11.9 Å². The average Bonchev–Trinajstić information content (AvgIpc) is 3.20. The Morgan fingerprint density at radius 1 is 0.970 bits per heavy atom. The van der Waals surface area contributed by atoms with Crippen molar-refractivity contribution >= 4 is 46.3 Å². The van der Waals surface area contributed by atoms with Crippen LogP contribution in [-0.2, 0) is 6.54 Å². The van der Waals surface area contributed by atoms with Crippen LogP contribution in [0, 0.1) is 0 Å². The lowest BCUT2D eigenvalue weighted by Crippen LogP contribution is -2.23. The maximum absolute atomic E-state index is 13.4. The van der Waals surface area contributed by atoms with Crippen LogP contribution in [0.25, 0.3) is 0 Å². The van der Waals surface area contributed by atoms with Gasteiger partial charge in [-0.2, -0.15) is 0 Å². The standard InChI is InChI=1S/C25H18Cl2N4O2/c26-18-5-3-6-19(27)21(18)25(33)29-17-10-8-15(9-11-17)23(32)22-24-28-12-13-31(24)14-16-4-1-2-7-20(16)30-22/h1-13,22,30H,14H2,(H,29,33). The Bertz CT molecular complexity index is 1340. The fourth-order valence-corrected chi connectivity index (χ4v) is 4.46. The molecule has 0 saturated heterocycles. The molecule has 5 rings (SSSR count). The largest absolute Gasteiger partial charge is 0.369 e. The van der Waals surface area contributed by atoms with Gasteiger partial charge in [0.05, 0.1) is 22.2 Å². The number of carbonyl (C=O) groups is 2. The van der Waals surface area contributed by atoms with Gasteiger partial charge in [-0.25, -0.2) is 4.98 Å². The van der Waals surface area contributed by atoms with Gasteiger partial charge in [-0.3, -0.25) is 9.59 Å². The van der Waals surface area contributed by atoms with E-state index in [2.05, 4.69) is 15.6 Å². The number of anilines is 2. The van der Waals surface area contributed by atoms with Crippen LogP contribution in [0.2, 0.25) is 10.0 Å². The molecule has 1 atom stereocenters. The van der Waals surface area contributed by atoms with E-state index in [1.54, 1.807) is 48.7 Å². The van der Waals surface area contributed by atoms with Gasteiger partial charge in [0.2, 0.25) is 0 Å². The molecule has 0 bridgehead atoms. The molecular weight excluding hydrogens is 459 g/mol. The Morgan fingerprint density at radius 3 is 2.45 bits per heavy atom. The zero-order chi connectivity index (χ0) is 22.9. The molecule has 2 N–H and O–H groups in total. The molecule has 0 radical (unpaired) electrons. The zero-order valence-electron chi connectivity index (χ0n) is 17.3. The van der Waals surface area contributed by atoms with Gasteiger partial charge in [0.1, 0.15) is 11.9 Å². The summed E-state index contributed by atoms with van der Waals surface area (Å²) in [7, 11) is 0. The highest BCUT2D eigenvalue weighted by Crippen LogP contribution is 2.30. The maximum atomic E-state index is 13.4. The number of nitrogens with one attached hydrogen (secondary N) is 2. The topological polar surface area (TPSA) is 76.0 Å². The van der Waals surface area contributed by atoms with E-state index in [4.69, 9.17) is 23.2 Å². The molecule has 0 saturated carbocycles. The van der Waals surface area contributed by atoms with E-state index in [9.17, 15) is 9.59 Å². The first-order valence-electron chi connectivity index (χ1n) is 10.3. The third-order valence-corrected chi connectivity index (χ3v) is 6.17. The zero-order valence-corrected chi connectivity index (χ0v) is 18.8. The van der Waals surface area contributed by atoms with E-state index in [1.165, 1.54) is 0 Å². The van der Waals surface area contributed by atoms with Crippen molar-refractivity contribution in [1.82, 2.24) is 9.55 Å². The Hall–Kier alpha value is -3.61. The highest BCUT2D eigenvalue weighted by Gasteiger charge is 2.29. The molecule has 0 spiro atoms. The number of benzene rings is 3. The number of ketones is 1. The van der Waals surface area contributed by atoms with Crippen LogP contribution in [0.3, 0.4) is 0 Å². The van der Waals surface area contributed by atoms with Gasteiger partial charge < -0.3 is 15.2 Å². The van der Waals surface area contributed by atoms with Crippen LogP contribution in [0.4, 0.5) is 11.4 Å². The number of para-hydroxylation sites is 1. The number of fused-ring (bicyclic) bond motifs is 2. The molecule has 1 amide bonds. The van der Waals surface area contributed by atoms with Crippen molar-refractivity contribution in [2.75, 3.05) is 10.6 Å². The summed E-state index contributed by atoms with van der Waals surface area (Å²) >= 11 is 12.2. The summed E-state index contributed by atoms with van der Waals surface area (Å²) in [4.78, 5) is 30.5. The first-order chi connectivity index (χ1) is 16.0. The van der Waals surface area contributed by atoms with E-state index in [-0.39, 0.29) is 21.4 Å². The van der Waals surface area contributed by atoms with Crippen molar-refractivity contribution < 1.29 is 9.59 Å². The van der Waals surface area contributed by atoms with Crippen LogP contribution >= 0.6 is 23.2 Å². The quantitative estimate of drug-likeness (QED) is 0.362. The van der Waals surface area contributed by atoms with Crippen LogP contribution < -0.4 is 10.6 Å². The molecule has 164 valence electrons. The van der Waals surface area contributed by atoms with Crippen LogP contribution in [0.5, 0.6) is 0 Å². The third kappa shape index (κ3) is 4.11. The van der Waals surface area contributed by atoms with Crippen molar-refractivity contribution in [3.05, 3.63) is 112 Å². The summed E-state index contributed by atoms with van der Waals surface area (Å²) in [5, 5.41) is 6.65. The van der Waals surface area contributed by atoms with Gasteiger partial charge in [-0.15, -0.1) is 0 Å². The van der Waals surface area contributed by atoms with Crippen LogP contribution in [0.1, 0.15) is 38.1 Å². The molecule has 1 aliphatic rings. The highest BCUT2D eigenvalue weighted by molar-refractivity contribution is 6.40. The number of rotatable bonds is 4. The van der Waals surface area contributed by atoms with Crippen LogP contribution in [-0.4, -0.2) is 21.2 Å². The average molecular weight is 477 g/mol. The second-order valence-electron chi connectivity index (χ2n) is 7.64. The fraction of sp³-hybridized carbons (Fsp3) is 0.0800. The Morgan fingerprint density at radius 2 is 1.70 bits per heavy atom. The monoisotopic (exact) mass is 476 g/mol. The van der Waals surface area contributed by atoms with Gasteiger partial charge in [0.25, 0.3) is 5.91 Å². The minimum Gasteiger partial charge on any atom is -0.369 e. The number of hydrogen-bond acceptors (Lipinski definition) is 4. The normalized spacial score (nSPS) is 14.4. The summed E-state index contributed by atoms with van der Waals surface area (Å²) in [5.41, 5.74) is 3.21. The Kier molecular flexibility index (Phi) is 5.62.